The van der Waals surface area contributed by atoms with Gasteiger partial charge < -0.3 is 10.1 Å². The predicted molar refractivity (Wildman–Crippen MR) is 91.5 cm³/mol. The van der Waals surface area contributed by atoms with Crippen molar-refractivity contribution in [2.75, 3.05) is 17.7 Å². The fraction of sp³-hybridized carbons (Fsp3) is 0.167. The second-order valence-electron chi connectivity index (χ2n) is 5.21. The number of carbonyl (C=O) groups excluding carboxylic acids is 1. The molecule has 0 aromatic heterocycles. The Kier molecular flexibility index (Phi) is 4.85. The second kappa shape index (κ2) is 7.05. The van der Waals surface area contributed by atoms with Crippen molar-refractivity contribution >= 4 is 23.4 Å². The first-order chi connectivity index (χ1) is 11.6. The van der Waals surface area contributed by atoms with Crippen molar-refractivity contribution in [1.29, 1.82) is 0 Å². The molecular weight excluding hydrogens is 332 g/mol. The van der Waals surface area contributed by atoms with E-state index in [9.17, 15) is 13.6 Å². The largest absolute Gasteiger partial charge is 0.496 e. The summed E-state index contributed by atoms with van der Waals surface area (Å²) in [6.07, 6.45) is 0. The number of hydrogen-bond acceptors (Lipinski definition) is 3. The zero-order valence-corrected chi connectivity index (χ0v) is 13.8. The molecule has 0 saturated carbocycles. The van der Waals surface area contributed by atoms with Gasteiger partial charge in [0.15, 0.2) is 11.6 Å². The highest BCUT2D eigenvalue weighted by atomic mass is 32.2. The molecule has 1 amide bonds. The molecule has 24 heavy (non-hydrogen) atoms. The molecule has 3 nitrogen and oxygen atoms in total. The fourth-order valence-electron chi connectivity index (χ4n) is 2.42. The normalized spacial score (nSPS) is 14.3. The topological polar surface area (TPSA) is 38.3 Å². The summed E-state index contributed by atoms with van der Waals surface area (Å²) in [6.45, 7) is 2.33. The molecule has 1 aliphatic rings. The van der Waals surface area contributed by atoms with E-state index in [1.165, 1.54) is 17.8 Å². The number of thioether (sulfide) groups is 1. The first kappa shape index (κ1) is 16.5. The first-order valence-electron chi connectivity index (χ1n) is 7.38. The molecule has 0 saturated heterocycles. The number of anilines is 1. The van der Waals surface area contributed by atoms with Gasteiger partial charge in [-0.2, -0.15) is 0 Å². The third kappa shape index (κ3) is 3.43. The van der Waals surface area contributed by atoms with Crippen molar-refractivity contribution in [1.82, 2.24) is 0 Å². The van der Waals surface area contributed by atoms with Crippen LogP contribution in [0, 0.1) is 11.6 Å². The minimum Gasteiger partial charge on any atom is -0.496 e. The van der Waals surface area contributed by atoms with E-state index in [-0.39, 0.29) is 5.91 Å². The lowest BCUT2D eigenvalue weighted by Gasteiger charge is -2.18. The lowest BCUT2D eigenvalue weighted by Crippen LogP contribution is -2.18. The van der Waals surface area contributed by atoms with Crippen molar-refractivity contribution in [3.63, 3.8) is 0 Å². The molecule has 1 N–H and O–H groups in total. The number of nitrogens with one attached hydrogen (secondary N) is 1. The summed E-state index contributed by atoms with van der Waals surface area (Å²) in [5, 5.41) is 2.83. The molecule has 0 atom stereocenters. The highest BCUT2D eigenvalue weighted by Gasteiger charge is 2.20. The fourth-order valence-corrected chi connectivity index (χ4v) is 3.23. The quantitative estimate of drug-likeness (QED) is 0.884. The van der Waals surface area contributed by atoms with Gasteiger partial charge in [0.05, 0.1) is 6.61 Å². The lowest BCUT2D eigenvalue weighted by atomic mass is 10.0. The van der Waals surface area contributed by atoms with Gasteiger partial charge >= 0.3 is 0 Å². The first-order valence-corrected chi connectivity index (χ1v) is 8.37. The predicted octanol–water partition coefficient (Wildman–Crippen LogP) is 4.57. The van der Waals surface area contributed by atoms with Gasteiger partial charge in [-0.25, -0.2) is 8.78 Å². The molecule has 0 aliphatic carbocycles. The Morgan fingerprint density at radius 3 is 2.71 bits per heavy atom. The molecule has 0 fully saturated rings. The van der Waals surface area contributed by atoms with E-state index in [1.54, 1.807) is 31.2 Å². The molecule has 124 valence electrons. The van der Waals surface area contributed by atoms with Crippen LogP contribution >= 0.6 is 11.8 Å². The van der Waals surface area contributed by atoms with E-state index in [1.807, 2.05) is 0 Å². The summed E-state index contributed by atoms with van der Waals surface area (Å²) in [6, 6.07) is 10.7. The van der Waals surface area contributed by atoms with Gasteiger partial charge in [0, 0.05) is 17.0 Å². The zero-order chi connectivity index (χ0) is 17.1. The van der Waals surface area contributed by atoms with E-state index in [2.05, 4.69) is 5.32 Å². The molecule has 0 radical (unpaired) electrons. The number of ether oxygens (including phenoxy) is 1. The van der Waals surface area contributed by atoms with Crippen LogP contribution < -0.4 is 5.32 Å². The molecule has 0 spiro atoms. The van der Waals surface area contributed by atoms with Crippen molar-refractivity contribution in [2.24, 2.45) is 0 Å². The monoisotopic (exact) mass is 347 g/mol. The Labute approximate surface area is 142 Å². The Hall–Kier alpha value is -2.34. The zero-order valence-electron chi connectivity index (χ0n) is 12.9. The van der Waals surface area contributed by atoms with Gasteiger partial charge in [-0.1, -0.05) is 24.3 Å². The summed E-state index contributed by atoms with van der Waals surface area (Å²) in [7, 11) is 0. The Morgan fingerprint density at radius 1 is 1.17 bits per heavy atom. The van der Waals surface area contributed by atoms with Crippen LogP contribution in [0.1, 0.15) is 6.92 Å². The number of hydrogen-bond donors (Lipinski definition) is 1. The second-order valence-corrected chi connectivity index (χ2v) is 6.32. The van der Waals surface area contributed by atoms with Crippen molar-refractivity contribution < 1.29 is 18.3 Å². The van der Waals surface area contributed by atoms with Crippen LogP contribution in [0.2, 0.25) is 0 Å². The smallest absolute Gasteiger partial charge is 0.265 e. The van der Waals surface area contributed by atoms with Crippen LogP contribution in [0.25, 0.3) is 11.1 Å². The average Bonchev–Trinajstić information content (AvgIpc) is 2.58. The van der Waals surface area contributed by atoms with E-state index in [0.29, 0.717) is 39.8 Å². The van der Waals surface area contributed by atoms with Crippen molar-refractivity contribution in [3.8, 4) is 11.1 Å². The molecule has 0 bridgehead atoms. The summed E-state index contributed by atoms with van der Waals surface area (Å²) in [4.78, 5) is 13.0. The van der Waals surface area contributed by atoms with Crippen LogP contribution in [-0.2, 0) is 9.53 Å². The Morgan fingerprint density at radius 2 is 1.96 bits per heavy atom. The molecule has 3 rings (SSSR count). The number of amides is 1. The average molecular weight is 347 g/mol. The highest BCUT2D eigenvalue weighted by molar-refractivity contribution is 8.04. The summed E-state index contributed by atoms with van der Waals surface area (Å²) in [5.41, 5.74) is 1.63. The van der Waals surface area contributed by atoms with Crippen molar-refractivity contribution in [3.05, 3.63) is 64.8 Å². The third-order valence-corrected chi connectivity index (χ3v) is 4.71. The summed E-state index contributed by atoms with van der Waals surface area (Å²) in [5.74, 6) is -0.799. The van der Waals surface area contributed by atoms with E-state index in [4.69, 9.17) is 4.74 Å². The highest BCUT2D eigenvalue weighted by Crippen LogP contribution is 2.31. The SMILES string of the molecule is CC1=C(C(=O)Nc2ccccc2-c2ccc(F)c(F)c2)SCCO1. The van der Waals surface area contributed by atoms with Crippen molar-refractivity contribution in [2.45, 2.75) is 6.92 Å². The summed E-state index contributed by atoms with van der Waals surface area (Å²) >= 11 is 1.44. The van der Waals surface area contributed by atoms with E-state index in [0.717, 1.165) is 12.1 Å². The molecule has 1 aliphatic heterocycles. The van der Waals surface area contributed by atoms with Crippen LogP contribution in [0.5, 0.6) is 0 Å². The van der Waals surface area contributed by atoms with Gasteiger partial charge in [-0.05, 0) is 30.7 Å². The Bertz CT molecular complexity index is 820. The van der Waals surface area contributed by atoms with Gasteiger partial charge in [0.2, 0.25) is 0 Å². The maximum atomic E-state index is 13.5. The van der Waals surface area contributed by atoms with Gasteiger partial charge in [0.25, 0.3) is 5.91 Å². The number of benzene rings is 2. The van der Waals surface area contributed by atoms with E-state index < -0.39 is 11.6 Å². The maximum absolute atomic E-state index is 13.5. The molecule has 2 aromatic carbocycles. The van der Waals surface area contributed by atoms with Gasteiger partial charge in [0.1, 0.15) is 10.7 Å². The van der Waals surface area contributed by atoms with Gasteiger partial charge in [-0.3, -0.25) is 4.79 Å². The molecule has 1 heterocycles. The number of allylic oxidation sites excluding steroid dienone is 1. The van der Waals surface area contributed by atoms with Crippen LogP contribution in [-0.4, -0.2) is 18.3 Å². The molecular formula is C18H15F2NO2S. The van der Waals surface area contributed by atoms with E-state index >= 15 is 0 Å². The molecule has 0 unspecified atom stereocenters. The van der Waals surface area contributed by atoms with Crippen LogP contribution in [0.3, 0.4) is 0 Å². The Balaban J connectivity index is 1.92. The minimum atomic E-state index is -0.927. The van der Waals surface area contributed by atoms with Crippen LogP contribution in [0.4, 0.5) is 14.5 Å². The number of rotatable bonds is 3. The van der Waals surface area contributed by atoms with Crippen LogP contribution in [0.15, 0.2) is 53.1 Å². The maximum Gasteiger partial charge on any atom is 0.265 e. The number of carbonyl (C=O) groups is 1. The third-order valence-electron chi connectivity index (χ3n) is 3.58. The number of para-hydroxylation sites is 1. The molecule has 2 aromatic rings. The standard InChI is InChI=1S/C18H15F2NO2S/c1-11-17(24-9-8-23-11)18(22)21-16-5-3-2-4-13(16)12-6-7-14(19)15(20)10-12/h2-7,10H,8-9H2,1H3,(H,21,22). The number of halogens is 2. The molecule has 6 heteroatoms. The summed E-state index contributed by atoms with van der Waals surface area (Å²) < 4.78 is 32.1. The minimum absolute atomic E-state index is 0.271. The lowest BCUT2D eigenvalue weighted by molar-refractivity contribution is -0.112. The van der Waals surface area contributed by atoms with Gasteiger partial charge in [-0.15, -0.1) is 11.8 Å².